The molecule has 1 rings (SSSR count). The fraction of sp³-hybridized carbons (Fsp3) is 0.684. The van der Waals surface area contributed by atoms with E-state index in [0.717, 1.165) is 12.2 Å². The fourth-order valence-electron chi connectivity index (χ4n) is 2.55. The van der Waals surface area contributed by atoms with Crippen molar-refractivity contribution in [2.75, 3.05) is 11.9 Å². The highest BCUT2D eigenvalue weighted by Gasteiger charge is 1.98. The molecule has 0 amide bonds. The molecule has 0 heterocycles. The lowest BCUT2D eigenvalue weighted by Crippen LogP contribution is -2.02. The highest BCUT2D eigenvalue weighted by molar-refractivity contribution is 5.44. The van der Waals surface area contributed by atoms with Crippen LogP contribution in [0, 0.1) is 12.7 Å². The third-order valence-corrected chi connectivity index (χ3v) is 4.03. The number of unbranched alkanes of at least 4 members (excludes halogenated alkanes) is 9. The molecule has 0 unspecified atom stereocenters. The van der Waals surface area contributed by atoms with Crippen LogP contribution in [-0.2, 0) is 0 Å². The zero-order valence-electron chi connectivity index (χ0n) is 13.9. The van der Waals surface area contributed by atoms with Gasteiger partial charge in [0.1, 0.15) is 5.82 Å². The van der Waals surface area contributed by atoms with Crippen LogP contribution in [0.1, 0.15) is 76.7 Å². The lowest BCUT2D eigenvalue weighted by molar-refractivity contribution is 0.560. The zero-order chi connectivity index (χ0) is 15.3. The standard InChI is InChI=1S/C19H32FN/c1-3-4-5-6-7-8-9-10-11-12-15-21-18-14-13-17(2)19(20)16-18/h13-14,16,21H,3-12,15H2,1-2H3. The van der Waals surface area contributed by atoms with E-state index in [-0.39, 0.29) is 5.82 Å². The largest absolute Gasteiger partial charge is 0.385 e. The summed E-state index contributed by atoms with van der Waals surface area (Å²) in [5.41, 5.74) is 1.61. The quantitative estimate of drug-likeness (QED) is 0.436. The molecular formula is C19H32FN. The van der Waals surface area contributed by atoms with Gasteiger partial charge in [-0.15, -0.1) is 0 Å². The Bertz CT molecular complexity index is 376. The molecule has 0 bridgehead atoms. The first-order chi connectivity index (χ1) is 10.2. The van der Waals surface area contributed by atoms with Crippen LogP contribution in [0.15, 0.2) is 18.2 Å². The predicted molar refractivity (Wildman–Crippen MR) is 91.5 cm³/mol. The Balaban J connectivity index is 1.91. The summed E-state index contributed by atoms with van der Waals surface area (Å²) >= 11 is 0. The van der Waals surface area contributed by atoms with Crippen molar-refractivity contribution in [3.8, 4) is 0 Å². The summed E-state index contributed by atoms with van der Waals surface area (Å²) in [4.78, 5) is 0. The molecule has 0 aliphatic carbocycles. The molecular weight excluding hydrogens is 261 g/mol. The molecule has 0 aromatic heterocycles. The number of hydrogen-bond acceptors (Lipinski definition) is 1. The lowest BCUT2D eigenvalue weighted by atomic mass is 10.1. The Kier molecular flexibility index (Phi) is 9.94. The molecule has 0 aliphatic rings. The van der Waals surface area contributed by atoms with Gasteiger partial charge in [0.15, 0.2) is 0 Å². The van der Waals surface area contributed by atoms with E-state index < -0.39 is 0 Å². The highest BCUT2D eigenvalue weighted by atomic mass is 19.1. The van der Waals surface area contributed by atoms with Crippen LogP contribution in [0.2, 0.25) is 0 Å². The van der Waals surface area contributed by atoms with Gasteiger partial charge in [0, 0.05) is 12.2 Å². The van der Waals surface area contributed by atoms with Crippen molar-refractivity contribution in [2.45, 2.75) is 78.1 Å². The average molecular weight is 293 g/mol. The van der Waals surface area contributed by atoms with Gasteiger partial charge in [-0.25, -0.2) is 4.39 Å². The average Bonchev–Trinajstić information content (AvgIpc) is 2.48. The molecule has 1 nitrogen and oxygen atoms in total. The Morgan fingerprint density at radius 3 is 2.00 bits per heavy atom. The maximum atomic E-state index is 13.4. The van der Waals surface area contributed by atoms with Crippen LogP contribution in [0.5, 0.6) is 0 Å². The minimum absolute atomic E-state index is 0.122. The number of anilines is 1. The van der Waals surface area contributed by atoms with Crippen LogP contribution < -0.4 is 5.32 Å². The van der Waals surface area contributed by atoms with E-state index >= 15 is 0 Å². The second kappa shape index (κ2) is 11.6. The van der Waals surface area contributed by atoms with Gasteiger partial charge in [0.25, 0.3) is 0 Å². The van der Waals surface area contributed by atoms with Gasteiger partial charge >= 0.3 is 0 Å². The molecule has 0 fully saturated rings. The van der Waals surface area contributed by atoms with Crippen molar-refractivity contribution in [1.82, 2.24) is 0 Å². The van der Waals surface area contributed by atoms with Crippen molar-refractivity contribution >= 4 is 5.69 Å². The second-order valence-electron chi connectivity index (χ2n) is 6.07. The first-order valence-electron chi connectivity index (χ1n) is 8.74. The van der Waals surface area contributed by atoms with Crippen LogP contribution >= 0.6 is 0 Å². The van der Waals surface area contributed by atoms with Crippen LogP contribution in [0.4, 0.5) is 10.1 Å². The molecule has 0 radical (unpaired) electrons. The second-order valence-corrected chi connectivity index (χ2v) is 6.07. The van der Waals surface area contributed by atoms with Gasteiger partial charge in [0.05, 0.1) is 0 Å². The topological polar surface area (TPSA) is 12.0 Å². The Morgan fingerprint density at radius 1 is 0.857 bits per heavy atom. The van der Waals surface area contributed by atoms with Gasteiger partial charge in [-0.2, -0.15) is 0 Å². The SMILES string of the molecule is CCCCCCCCCCCCNc1ccc(C)c(F)c1. The Hall–Kier alpha value is -1.05. The normalized spacial score (nSPS) is 10.8. The molecule has 0 atom stereocenters. The zero-order valence-corrected chi connectivity index (χ0v) is 13.9. The van der Waals surface area contributed by atoms with E-state index in [1.54, 1.807) is 13.0 Å². The van der Waals surface area contributed by atoms with E-state index in [1.807, 2.05) is 12.1 Å². The van der Waals surface area contributed by atoms with Gasteiger partial charge < -0.3 is 5.32 Å². The van der Waals surface area contributed by atoms with Crippen molar-refractivity contribution in [1.29, 1.82) is 0 Å². The van der Waals surface area contributed by atoms with Crippen molar-refractivity contribution < 1.29 is 4.39 Å². The first kappa shape index (κ1) is 18.0. The summed E-state index contributed by atoms with van der Waals surface area (Å²) in [6.07, 6.45) is 13.5. The Morgan fingerprint density at radius 2 is 1.43 bits per heavy atom. The van der Waals surface area contributed by atoms with E-state index in [4.69, 9.17) is 0 Å². The summed E-state index contributed by atoms with van der Waals surface area (Å²) in [7, 11) is 0. The monoisotopic (exact) mass is 293 g/mol. The molecule has 21 heavy (non-hydrogen) atoms. The number of hydrogen-bond donors (Lipinski definition) is 1. The minimum atomic E-state index is -0.122. The fourth-order valence-corrected chi connectivity index (χ4v) is 2.55. The number of halogens is 1. The molecule has 0 aliphatic heterocycles. The number of nitrogens with one attached hydrogen (secondary N) is 1. The summed E-state index contributed by atoms with van der Waals surface area (Å²) < 4.78 is 13.4. The molecule has 1 aromatic carbocycles. The van der Waals surface area contributed by atoms with E-state index in [1.165, 1.54) is 64.2 Å². The maximum absolute atomic E-state index is 13.4. The van der Waals surface area contributed by atoms with Gasteiger partial charge in [-0.05, 0) is 31.0 Å². The summed E-state index contributed by atoms with van der Waals surface area (Å²) in [5, 5.41) is 3.30. The van der Waals surface area contributed by atoms with Gasteiger partial charge in [0.2, 0.25) is 0 Å². The molecule has 0 spiro atoms. The van der Waals surface area contributed by atoms with Crippen molar-refractivity contribution in [3.05, 3.63) is 29.6 Å². The molecule has 0 saturated carbocycles. The smallest absolute Gasteiger partial charge is 0.128 e. The highest BCUT2D eigenvalue weighted by Crippen LogP contribution is 2.14. The minimum Gasteiger partial charge on any atom is -0.385 e. The number of benzene rings is 1. The van der Waals surface area contributed by atoms with E-state index in [9.17, 15) is 4.39 Å². The number of aryl methyl sites for hydroxylation is 1. The van der Waals surface area contributed by atoms with Crippen molar-refractivity contribution in [2.24, 2.45) is 0 Å². The summed E-state index contributed by atoms with van der Waals surface area (Å²) in [6.45, 7) is 5.00. The van der Waals surface area contributed by atoms with Crippen LogP contribution in [0.25, 0.3) is 0 Å². The van der Waals surface area contributed by atoms with E-state index in [0.29, 0.717) is 5.56 Å². The first-order valence-corrected chi connectivity index (χ1v) is 8.74. The van der Waals surface area contributed by atoms with Gasteiger partial charge in [-0.1, -0.05) is 70.8 Å². The van der Waals surface area contributed by atoms with Crippen LogP contribution in [-0.4, -0.2) is 6.54 Å². The van der Waals surface area contributed by atoms with Crippen LogP contribution in [0.3, 0.4) is 0 Å². The molecule has 2 heteroatoms. The van der Waals surface area contributed by atoms with Crippen molar-refractivity contribution in [3.63, 3.8) is 0 Å². The maximum Gasteiger partial charge on any atom is 0.128 e. The molecule has 120 valence electrons. The third-order valence-electron chi connectivity index (χ3n) is 4.03. The third kappa shape index (κ3) is 8.75. The predicted octanol–water partition coefficient (Wildman–Crippen LogP) is 6.47. The van der Waals surface area contributed by atoms with E-state index in [2.05, 4.69) is 12.2 Å². The summed E-state index contributed by atoms with van der Waals surface area (Å²) in [5.74, 6) is -0.122. The van der Waals surface area contributed by atoms with Gasteiger partial charge in [-0.3, -0.25) is 0 Å². The number of rotatable bonds is 12. The molecule has 0 saturated heterocycles. The molecule has 1 N–H and O–H groups in total. The molecule has 1 aromatic rings. The Labute approximate surface area is 130 Å². The lowest BCUT2D eigenvalue weighted by Gasteiger charge is -2.07. The summed E-state index contributed by atoms with van der Waals surface area (Å²) in [6, 6.07) is 5.37.